The lowest BCUT2D eigenvalue weighted by atomic mass is 10.0. The van der Waals surface area contributed by atoms with Crippen molar-refractivity contribution in [2.75, 3.05) is 18.5 Å². The van der Waals surface area contributed by atoms with Crippen molar-refractivity contribution in [2.24, 2.45) is 10.7 Å². The van der Waals surface area contributed by atoms with E-state index in [4.69, 9.17) is 21.0 Å². The smallest absolute Gasteiger partial charge is 0.119 e. The summed E-state index contributed by atoms with van der Waals surface area (Å²) in [6.45, 7) is 0.224. The van der Waals surface area contributed by atoms with Gasteiger partial charge in [-0.3, -0.25) is 5.41 Å². The Hall–Kier alpha value is -3.38. The van der Waals surface area contributed by atoms with E-state index in [0.717, 1.165) is 11.4 Å². The van der Waals surface area contributed by atoms with E-state index in [9.17, 15) is 0 Å². The highest BCUT2D eigenvalue weighted by Gasteiger charge is 2.14. The molecule has 0 saturated heterocycles. The van der Waals surface area contributed by atoms with Crippen LogP contribution in [0, 0.1) is 5.41 Å². The number of hydrogen-bond donors (Lipinski definition) is 4. The maximum absolute atomic E-state index is 8.78. The number of aliphatic hydroxyl groups excluding tert-OH is 1. The van der Waals surface area contributed by atoms with Crippen molar-refractivity contribution in [1.29, 1.82) is 5.41 Å². The summed E-state index contributed by atoms with van der Waals surface area (Å²) in [5, 5.41) is 20.1. The van der Waals surface area contributed by atoms with Gasteiger partial charge < -0.3 is 20.9 Å². The predicted octanol–water partition coefficient (Wildman–Crippen LogP) is 3.00. The molecule has 132 valence electrons. The number of benzene rings is 2. The first-order chi connectivity index (χ1) is 12.7. The Morgan fingerprint density at radius 1 is 1.04 bits per heavy atom. The fourth-order valence-electron chi connectivity index (χ4n) is 2.40. The van der Waals surface area contributed by atoms with E-state index >= 15 is 0 Å². The Labute approximate surface area is 151 Å². The molecule has 6 nitrogen and oxygen atoms in total. The van der Waals surface area contributed by atoms with Crippen molar-refractivity contribution in [2.45, 2.75) is 0 Å². The Kier molecular flexibility index (Phi) is 5.46. The topological polar surface area (TPSA) is 104 Å². The highest BCUT2D eigenvalue weighted by Crippen LogP contribution is 2.21. The first-order valence-corrected chi connectivity index (χ1v) is 8.18. The second-order valence-corrected chi connectivity index (χ2v) is 5.63. The average Bonchev–Trinajstić information content (AvgIpc) is 2.66. The number of aliphatic hydroxyl groups is 1. The van der Waals surface area contributed by atoms with E-state index in [1.54, 1.807) is 24.3 Å². The van der Waals surface area contributed by atoms with Gasteiger partial charge in [0.1, 0.15) is 12.4 Å². The molecule has 26 heavy (non-hydrogen) atoms. The third kappa shape index (κ3) is 4.37. The second-order valence-electron chi connectivity index (χ2n) is 5.63. The van der Waals surface area contributed by atoms with Crippen LogP contribution in [0.5, 0.6) is 5.75 Å². The zero-order valence-electron chi connectivity index (χ0n) is 14.1. The lowest BCUT2D eigenvalue weighted by Crippen LogP contribution is -2.21. The number of nitrogens with zero attached hydrogens (tertiary/aromatic N) is 1. The Morgan fingerprint density at radius 2 is 1.77 bits per heavy atom. The van der Waals surface area contributed by atoms with Crippen molar-refractivity contribution < 1.29 is 9.84 Å². The molecule has 0 aliphatic heterocycles. The molecule has 0 bridgehead atoms. The molecule has 0 unspecified atom stereocenters. The quantitative estimate of drug-likeness (QED) is 0.602. The van der Waals surface area contributed by atoms with E-state index in [0.29, 0.717) is 28.6 Å². The molecule has 0 fully saturated rings. The molecule has 0 saturated carbocycles. The minimum Gasteiger partial charge on any atom is -0.491 e. The summed E-state index contributed by atoms with van der Waals surface area (Å²) < 4.78 is 5.33. The van der Waals surface area contributed by atoms with Gasteiger partial charge in [0.15, 0.2) is 0 Å². The summed E-state index contributed by atoms with van der Waals surface area (Å²) in [6.07, 6.45) is 3.35. The summed E-state index contributed by atoms with van der Waals surface area (Å²) >= 11 is 0. The van der Waals surface area contributed by atoms with Crippen LogP contribution in [0.1, 0.15) is 0 Å². The number of nitrogens with two attached hydrogens (primary N) is 1. The van der Waals surface area contributed by atoms with Crippen molar-refractivity contribution in [3.05, 3.63) is 78.1 Å². The van der Waals surface area contributed by atoms with E-state index in [2.05, 4.69) is 10.3 Å². The summed E-state index contributed by atoms with van der Waals surface area (Å²) in [7, 11) is 0. The number of hydrogen-bond acceptors (Lipinski definition) is 6. The van der Waals surface area contributed by atoms with Crippen LogP contribution in [0.15, 0.2) is 83.1 Å². The fourth-order valence-corrected chi connectivity index (χ4v) is 2.40. The number of ether oxygens (including phenoxy) is 1. The summed E-state index contributed by atoms with van der Waals surface area (Å²) in [5.74, 6) is 0.666. The summed E-state index contributed by atoms with van der Waals surface area (Å²) in [5.41, 5.74) is 9.60. The first kappa shape index (κ1) is 17.4. The molecule has 3 rings (SSSR count). The number of para-hydroxylation sites is 1. The molecule has 1 aliphatic carbocycles. The molecule has 0 atom stereocenters. The Morgan fingerprint density at radius 3 is 2.46 bits per heavy atom. The molecule has 1 aliphatic rings. The standard InChI is InChI=1S/C20H20N4O2/c21-17-12-18(22)20(13-19(17)23-14-4-2-1-3-5-14)24-15-6-8-16(9-7-15)26-11-10-25/h1-9,12-13,21,23,25H,10-11,22H2/b21-17?,24-20-. The van der Waals surface area contributed by atoms with Gasteiger partial charge in [0.25, 0.3) is 0 Å². The van der Waals surface area contributed by atoms with E-state index in [-0.39, 0.29) is 13.2 Å². The Balaban J connectivity index is 1.81. The van der Waals surface area contributed by atoms with Gasteiger partial charge in [0, 0.05) is 5.69 Å². The molecule has 2 aromatic carbocycles. The zero-order valence-corrected chi connectivity index (χ0v) is 14.1. The van der Waals surface area contributed by atoms with Crippen molar-refractivity contribution >= 4 is 22.8 Å². The van der Waals surface area contributed by atoms with Crippen LogP contribution in [0.2, 0.25) is 0 Å². The highest BCUT2D eigenvalue weighted by atomic mass is 16.5. The molecule has 6 heteroatoms. The summed E-state index contributed by atoms with van der Waals surface area (Å²) in [6, 6.07) is 16.8. The monoisotopic (exact) mass is 348 g/mol. The minimum absolute atomic E-state index is 0.0284. The van der Waals surface area contributed by atoms with Crippen molar-refractivity contribution in [3.8, 4) is 5.75 Å². The molecule has 0 amide bonds. The van der Waals surface area contributed by atoms with Gasteiger partial charge in [0.2, 0.25) is 0 Å². The first-order valence-electron chi connectivity index (χ1n) is 8.18. The Bertz CT molecular complexity index is 868. The molecular weight excluding hydrogens is 328 g/mol. The maximum atomic E-state index is 8.78. The number of anilines is 1. The predicted molar refractivity (Wildman–Crippen MR) is 104 cm³/mol. The normalized spacial score (nSPS) is 15.4. The fraction of sp³-hybridized carbons (Fsp3) is 0.100. The van der Waals surface area contributed by atoms with Crippen LogP contribution in [-0.4, -0.2) is 29.7 Å². The molecule has 0 heterocycles. The van der Waals surface area contributed by atoms with Crippen LogP contribution >= 0.6 is 0 Å². The van der Waals surface area contributed by atoms with Gasteiger partial charge in [-0.25, -0.2) is 4.99 Å². The molecule has 0 spiro atoms. The third-order valence-electron chi connectivity index (χ3n) is 3.67. The van der Waals surface area contributed by atoms with Gasteiger partial charge in [0.05, 0.1) is 35.1 Å². The lowest BCUT2D eigenvalue weighted by molar-refractivity contribution is 0.201. The van der Waals surface area contributed by atoms with Crippen LogP contribution < -0.4 is 15.8 Å². The van der Waals surface area contributed by atoms with Crippen LogP contribution in [0.25, 0.3) is 0 Å². The molecule has 2 aromatic rings. The number of allylic oxidation sites excluding steroid dienone is 2. The third-order valence-corrected chi connectivity index (χ3v) is 3.67. The second kappa shape index (κ2) is 8.13. The van der Waals surface area contributed by atoms with Gasteiger partial charge in [-0.1, -0.05) is 18.2 Å². The number of nitrogens with one attached hydrogen (secondary N) is 2. The largest absolute Gasteiger partial charge is 0.491 e. The number of rotatable bonds is 6. The van der Waals surface area contributed by atoms with Crippen LogP contribution in [0.3, 0.4) is 0 Å². The SMILES string of the molecule is N=C1C=C(N)/C(=N\c2ccc(OCCO)cc2)C=C1Nc1ccccc1. The van der Waals surface area contributed by atoms with Crippen LogP contribution in [-0.2, 0) is 0 Å². The molecular formula is C20H20N4O2. The van der Waals surface area contributed by atoms with Gasteiger partial charge in [-0.2, -0.15) is 0 Å². The zero-order chi connectivity index (χ0) is 18.4. The van der Waals surface area contributed by atoms with E-state index < -0.39 is 0 Å². The van der Waals surface area contributed by atoms with Crippen molar-refractivity contribution in [3.63, 3.8) is 0 Å². The maximum Gasteiger partial charge on any atom is 0.119 e. The highest BCUT2D eigenvalue weighted by molar-refractivity contribution is 6.23. The summed E-state index contributed by atoms with van der Waals surface area (Å²) in [4.78, 5) is 4.55. The van der Waals surface area contributed by atoms with Gasteiger partial charge in [-0.05, 0) is 48.6 Å². The van der Waals surface area contributed by atoms with Gasteiger partial charge in [-0.15, -0.1) is 0 Å². The number of aliphatic imine (C=N–C) groups is 1. The van der Waals surface area contributed by atoms with Gasteiger partial charge >= 0.3 is 0 Å². The average molecular weight is 348 g/mol. The molecule has 5 N–H and O–H groups in total. The minimum atomic E-state index is -0.0284. The van der Waals surface area contributed by atoms with Crippen LogP contribution in [0.4, 0.5) is 11.4 Å². The molecule has 0 radical (unpaired) electrons. The molecule has 0 aromatic heterocycles. The lowest BCUT2D eigenvalue weighted by Gasteiger charge is -2.16. The van der Waals surface area contributed by atoms with Crippen molar-refractivity contribution in [1.82, 2.24) is 0 Å². The van der Waals surface area contributed by atoms with E-state index in [1.165, 1.54) is 0 Å². The van der Waals surface area contributed by atoms with E-state index in [1.807, 2.05) is 42.5 Å².